The lowest BCUT2D eigenvalue weighted by Gasteiger charge is -2.11. The van der Waals surface area contributed by atoms with E-state index in [1.807, 2.05) is 0 Å². The number of rotatable bonds is 5. The summed E-state index contributed by atoms with van der Waals surface area (Å²) in [6.45, 7) is 1.01. The SMILES string of the molecule is Cc1cc(=O)oc2cc(OCC(=O)OCC(=O)N3CCOC3=O)ccc12. The Kier molecular flexibility index (Phi) is 4.87. The first-order valence-corrected chi connectivity index (χ1v) is 7.74. The second-order valence-electron chi connectivity index (χ2n) is 5.52. The number of nitrogens with zero attached hydrogens (tertiary/aromatic N) is 1. The van der Waals surface area contributed by atoms with Crippen molar-refractivity contribution in [3.05, 3.63) is 40.2 Å². The molecule has 3 rings (SSSR count). The van der Waals surface area contributed by atoms with E-state index in [1.165, 1.54) is 12.1 Å². The lowest BCUT2D eigenvalue weighted by atomic mass is 10.1. The molecule has 0 spiro atoms. The summed E-state index contributed by atoms with van der Waals surface area (Å²) in [7, 11) is 0. The summed E-state index contributed by atoms with van der Waals surface area (Å²) in [5.41, 5.74) is 0.621. The fraction of sp³-hybridized carbons (Fsp3) is 0.294. The van der Waals surface area contributed by atoms with Gasteiger partial charge in [-0.25, -0.2) is 19.3 Å². The van der Waals surface area contributed by atoms with Crippen molar-refractivity contribution in [2.75, 3.05) is 26.4 Å². The normalized spacial score (nSPS) is 13.6. The van der Waals surface area contributed by atoms with E-state index >= 15 is 0 Å². The van der Waals surface area contributed by atoms with Crippen LogP contribution in [0, 0.1) is 6.92 Å². The van der Waals surface area contributed by atoms with E-state index in [-0.39, 0.29) is 13.2 Å². The molecule has 26 heavy (non-hydrogen) atoms. The van der Waals surface area contributed by atoms with Gasteiger partial charge in [-0.2, -0.15) is 0 Å². The Bertz CT molecular complexity index is 932. The molecule has 0 N–H and O–H groups in total. The average Bonchev–Trinajstić information content (AvgIpc) is 3.03. The maximum Gasteiger partial charge on any atom is 0.416 e. The summed E-state index contributed by atoms with van der Waals surface area (Å²) in [4.78, 5) is 46.9. The average molecular weight is 361 g/mol. The Balaban J connectivity index is 1.54. The van der Waals surface area contributed by atoms with Gasteiger partial charge in [0.25, 0.3) is 5.91 Å². The van der Waals surface area contributed by atoms with E-state index in [1.54, 1.807) is 19.1 Å². The zero-order valence-electron chi connectivity index (χ0n) is 13.9. The number of carbonyl (C=O) groups is 3. The number of fused-ring (bicyclic) bond motifs is 1. The third-order valence-electron chi connectivity index (χ3n) is 3.70. The van der Waals surface area contributed by atoms with Crippen LogP contribution in [0.25, 0.3) is 11.0 Å². The van der Waals surface area contributed by atoms with Crippen LogP contribution in [0.15, 0.2) is 33.5 Å². The lowest BCUT2D eigenvalue weighted by molar-refractivity contribution is -0.152. The summed E-state index contributed by atoms with van der Waals surface area (Å²) in [6, 6.07) is 6.20. The topological polar surface area (TPSA) is 112 Å². The molecule has 1 aliphatic rings. The van der Waals surface area contributed by atoms with E-state index in [4.69, 9.17) is 13.9 Å². The lowest BCUT2D eigenvalue weighted by Crippen LogP contribution is -2.35. The predicted octanol–water partition coefficient (Wildman–Crippen LogP) is 1.00. The molecular formula is C17H15NO8. The summed E-state index contributed by atoms with van der Waals surface area (Å²) >= 11 is 0. The van der Waals surface area contributed by atoms with Gasteiger partial charge in [-0.05, 0) is 24.6 Å². The van der Waals surface area contributed by atoms with Gasteiger partial charge < -0.3 is 18.6 Å². The molecule has 136 valence electrons. The highest BCUT2D eigenvalue weighted by Gasteiger charge is 2.28. The van der Waals surface area contributed by atoms with Gasteiger partial charge in [0.2, 0.25) is 0 Å². The maximum absolute atomic E-state index is 11.7. The number of cyclic esters (lactones) is 1. The van der Waals surface area contributed by atoms with Crippen molar-refractivity contribution < 1.29 is 33.0 Å². The second-order valence-corrected chi connectivity index (χ2v) is 5.52. The predicted molar refractivity (Wildman–Crippen MR) is 86.7 cm³/mol. The first-order chi connectivity index (χ1) is 12.4. The van der Waals surface area contributed by atoms with Crippen molar-refractivity contribution in [1.29, 1.82) is 0 Å². The number of imide groups is 1. The monoisotopic (exact) mass is 361 g/mol. The number of ether oxygens (including phenoxy) is 3. The third kappa shape index (κ3) is 3.82. The van der Waals surface area contributed by atoms with Gasteiger partial charge >= 0.3 is 17.7 Å². The zero-order chi connectivity index (χ0) is 18.7. The van der Waals surface area contributed by atoms with Crippen LogP contribution in [0.5, 0.6) is 5.75 Å². The number of hydrogen-bond donors (Lipinski definition) is 0. The third-order valence-corrected chi connectivity index (χ3v) is 3.70. The second kappa shape index (κ2) is 7.26. The maximum atomic E-state index is 11.7. The molecule has 1 aromatic heterocycles. The highest BCUT2D eigenvalue weighted by molar-refractivity contribution is 5.94. The van der Waals surface area contributed by atoms with Crippen LogP contribution in [-0.2, 0) is 19.1 Å². The molecular weight excluding hydrogens is 346 g/mol. The molecule has 1 aliphatic heterocycles. The number of amides is 2. The van der Waals surface area contributed by atoms with Gasteiger partial charge in [0, 0.05) is 17.5 Å². The van der Waals surface area contributed by atoms with Crippen molar-refractivity contribution in [1.82, 2.24) is 4.90 Å². The Morgan fingerprint density at radius 3 is 2.73 bits per heavy atom. The molecule has 1 fully saturated rings. The van der Waals surface area contributed by atoms with Crippen molar-refractivity contribution in [2.45, 2.75) is 6.92 Å². The summed E-state index contributed by atoms with van der Waals surface area (Å²) in [5, 5.41) is 0.752. The number of carbonyl (C=O) groups excluding carboxylic acids is 3. The molecule has 0 aliphatic carbocycles. The van der Waals surface area contributed by atoms with Gasteiger partial charge in [-0.1, -0.05) is 0 Å². The smallest absolute Gasteiger partial charge is 0.416 e. The van der Waals surface area contributed by atoms with Crippen LogP contribution in [0.1, 0.15) is 5.56 Å². The molecule has 1 aromatic carbocycles. The van der Waals surface area contributed by atoms with Crippen molar-refractivity contribution >= 4 is 28.9 Å². The Morgan fingerprint density at radius 1 is 1.19 bits per heavy atom. The number of hydrogen-bond acceptors (Lipinski definition) is 8. The van der Waals surface area contributed by atoms with E-state index in [0.717, 1.165) is 15.8 Å². The summed E-state index contributed by atoms with van der Waals surface area (Å²) < 4.78 is 19.8. The van der Waals surface area contributed by atoms with E-state index in [9.17, 15) is 19.2 Å². The number of esters is 1. The molecule has 2 aromatic rings. The van der Waals surface area contributed by atoms with Crippen molar-refractivity contribution in [2.24, 2.45) is 0 Å². The van der Waals surface area contributed by atoms with Crippen LogP contribution in [-0.4, -0.2) is 49.2 Å². The largest absolute Gasteiger partial charge is 0.482 e. The molecule has 0 saturated carbocycles. The van der Waals surface area contributed by atoms with Gasteiger partial charge in [-0.3, -0.25) is 4.79 Å². The van der Waals surface area contributed by atoms with Gasteiger partial charge in [0.15, 0.2) is 13.2 Å². The summed E-state index contributed by atoms with van der Waals surface area (Å²) in [6.07, 6.45) is -0.754. The Hall–Kier alpha value is -3.36. The first kappa shape index (κ1) is 17.5. The standard InChI is InChI=1S/C17H15NO8/c1-10-6-15(20)26-13-7-11(2-3-12(10)13)24-9-16(21)25-8-14(19)18-4-5-23-17(18)22/h2-3,6-7H,4-5,8-9H2,1H3. The minimum Gasteiger partial charge on any atom is -0.482 e. The van der Waals surface area contributed by atoms with Crippen LogP contribution in [0.3, 0.4) is 0 Å². The van der Waals surface area contributed by atoms with E-state index in [2.05, 4.69) is 4.74 Å². The van der Waals surface area contributed by atoms with Crippen LogP contribution < -0.4 is 10.4 Å². The molecule has 0 radical (unpaired) electrons. The first-order valence-electron chi connectivity index (χ1n) is 7.74. The Morgan fingerprint density at radius 2 is 2.00 bits per heavy atom. The fourth-order valence-electron chi connectivity index (χ4n) is 2.42. The van der Waals surface area contributed by atoms with Crippen LogP contribution in [0.2, 0.25) is 0 Å². The van der Waals surface area contributed by atoms with Crippen molar-refractivity contribution in [3.8, 4) is 5.75 Å². The number of benzene rings is 1. The van der Waals surface area contributed by atoms with E-state index < -0.39 is 36.8 Å². The van der Waals surface area contributed by atoms with Gasteiger partial charge in [0.05, 0.1) is 6.54 Å². The molecule has 0 atom stereocenters. The molecule has 0 unspecified atom stereocenters. The summed E-state index contributed by atoms with van der Waals surface area (Å²) in [5.74, 6) is -1.14. The van der Waals surface area contributed by atoms with Crippen LogP contribution >= 0.6 is 0 Å². The molecule has 0 bridgehead atoms. The molecule has 1 saturated heterocycles. The number of aryl methyl sites for hydroxylation is 1. The highest BCUT2D eigenvalue weighted by Crippen LogP contribution is 2.22. The molecule has 2 heterocycles. The fourth-order valence-corrected chi connectivity index (χ4v) is 2.42. The molecule has 2 amide bonds. The van der Waals surface area contributed by atoms with Gasteiger partial charge in [0.1, 0.15) is 17.9 Å². The quantitative estimate of drug-likeness (QED) is 0.573. The molecule has 9 heteroatoms. The minimum atomic E-state index is -0.781. The zero-order valence-corrected chi connectivity index (χ0v) is 13.9. The minimum absolute atomic E-state index is 0.124. The highest BCUT2D eigenvalue weighted by atomic mass is 16.6. The van der Waals surface area contributed by atoms with Crippen LogP contribution in [0.4, 0.5) is 4.79 Å². The Labute approximate surface area is 147 Å². The van der Waals surface area contributed by atoms with Gasteiger partial charge in [-0.15, -0.1) is 0 Å². The molecule has 9 nitrogen and oxygen atoms in total. The van der Waals surface area contributed by atoms with E-state index in [0.29, 0.717) is 11.3 Å². The van der Waals surface area contributed by atoms with Crippen molar-refractivity contribution in [3.63, 3.8) is 0 Å².